The molecule has 210 valence electrons. The van der Waals surface area contributed by atoms with Crippen LogP contribution < -0.4 is 24.4 Å². The van der Waals surface area contributed by atoms with Gasteiger partial charge in [0.15, 0.2) is 11.4 Å². The summed E-state index contributed by atoms with van der Waals surface area (Å²) in [5.74, 6) is -0.0377. The smallest absolute Gasteiger partial charge is 0.344 e. The first-order valence-corrected chi connectivity index (χ1v) is 13.9. The molecule has 0 saturated heterocycles. The lowest BCUT2D eigenvalue weighted by Crippen LogP contribution is -2.40. The van der Waals surface area contributed by atoms with Crippen molar-refractivity contribution in [3.8, 4) is 11.5 Å². The van der Waals surface area contributed by atoms with Gasteiger partial charge in [0, 0.05) is 11.1 Å². The molecule has 0 amide bonds. The molecule has 0 aliphatic carbocycles. The highest BCUT2D eigenvalue weighted by Crippen LogP contribution is 2.36. The molecule has 1 atom stereocenters. The molecule has 0 saturated carbocycles. The fraction of sp³-hybridized carbons (Fsp3) is 0.333. The van der Waals surface area contributed by atoms with Crippen LogP contribution in [0.5, 0.6) is 11.5 Å². The number of rotatable bonds is 10. The van der Waals surface area contributed by atoms with Gasteiger partial charge >= 0.3 is 11.9 Å². The van der Waals surface area contributed by atoms with Gasteiger partial charge in [0.05, 0.1) is 35.1 Å². The van der Waals surface area contributed by atoms with E-state index in [-0.39, 0.29) is 37.1 Å². The van der Waals surface area contributed by atoms with E-state index in [9.17, 15) is 14.4 Å². The van der Waals surface area contributed by atoms with Gasteiger partial charge in [-0.05, 0) is 52.8 Å². The van der Waals surface area contributed by atoms with Crippen LogP contribution in [0, 0.1) is 0 Å². The third-order valence-corrected chi connectivity index (χ3v) is 6.93. The Morgan fingerprint density at radius 3 is 2.40 bits per heavy atom. The number of hydrogen-bond donors (Lipinski definition) is 0. The van der Waals surface area contributed by atoms with Gasteiger partial charge in [0.25, 0.3) is 5.56 Å². The number of aromatic nitrogens is 1. The molecule has 2 heterocycles. The summed E-state index contributed by atoms with van der Waals surface area (Å²) in [5, 5.41) is 0. The fourth-order valence-electron chi connectivity index (χ4n) is 4.37. The second-order valence-electron chi connectivity index (χ2n) is 9.14. The van der Waals surface area contributed by atoms with Crippen LogP contribution in [0.15, 0.2) is 69.6 Å². The summed E-state index contributed by atoms with van der Waals surface area (Å²) >= 11 is 1.20. The van der Waals surface area contributed by atoms with Crippen LogP contribution in [0.4, 0.5) is 0 Å². The van der Waals surface area contributed by atoms with Crippen LogP contribution in [0.2, 0.25) is 0 Å². The number of nitrogens with zero attached hydrogens (tertiary/aromatic N) is 2. The van der Waals surface area contributed by atoms with Crippen molar-refractivity contribution in [2.75, 3.05) is 19.8 Å². The lowest BCUT2D eigenvalue weighted by Gasteiger charge is -2.26. The molecular weight excluding hydrogens is 532 g/mol. The highest BCUT2D eigenvalue weighted by molar-refractivity contribution is 7.07. The molecule has 0 spiro atoms. The minimum atomic E-state index is -0.803. The number of carbonyl (C=O) groups is 2. The average Bonchev–Trinajstić information content (AvgIpc) is 3.22. The minimum absolute atomic E-state index is 0.126. The molecule has 1 aliphatic rings. The molecule has 0 radical (unpaired) electrons. The molecule has 2 aromatic carbocycles. The highest BCUT2D eigenvalue weighted by atomic mass is 32.1. The normalized spacial score (nSPS) is 14.9. The second kappa shape index (κ2) is 12.8. The average molecular weight is 565 g/mol. The minimum Gasteiger partial charge on any atom is -0.491 e. The molecule has 0 N–H and O–H groups in total. The van der Waals surface area contributed by atoms with Crippen molar-refractivity contribution in [2.24, 2.45) is 4.99 Å². The molecule has 4 rings (SSSR count). The second-order valence-corrected chi connectivity index (χ2v) is 10.1. The van der Waals surface area contributed by atoms with Crippen molar-refractivity contribution < 1.29 is 28.5 Å². The Labute approximate surface area is 236 Å². The van der Waals surface area contributed by atoms with Gasteiger partial charge in [0.2, 0.25) is 0 Å². The van der Waals surface area contributed by atoms with Crippen LogP contribution in [-0.4, -0.2) is 42.4 Å². The SMILES string of the molecule is CCOC(=O)COc1ccccc1/C=c1\sc2n(c1=O)[C@H](c1ccccc1OC(C)C)C(C(=O)OCC)=C(C)N=2. The first-order chi connectivity index (χ1) is 19.2. The van der Waals surface area contributed by atoms with Crippen molar-refractivity contribution in [2.45, 2.75) is 46.8 Å². The predicted octanol–water partition coefficient (Wildman–Crippen LogP) is 3.53. The molecule has 1 aromatic heterocycles. The Hall–Kier alpha value is -4.18. The Kier molecular flexibility index (Phi) is 9.21. The summed E-state index contributed by atoms with van der Waals surface area (Å²) in [4.78, 5) is 44.1. The number of para-hydroxylation sites is 2. The standard InChI is InChI=1S/C30H32N2O7S/c1-6-36-25(33)17-38-22-14-10-8-12-20(22)16-24-28(34)32-27(21-13-9-11-15-23(21)39-18(3)4)26(29(35)37-7-2)19(5)31-30(32)40-24/h8-16,18,27H,6-7,17H2,1-5H3/b24-16-/t27-/m1/s1. The largest absolute Gasteiger partial charge is 0.491 e. The zero-order valence-electron chi connectivity index (χ0n) is 23.1. The van der Waals surface area contributed by atoms with Crippen molar-refractivity contribution in [3.63, 3.8) is 0 Å². The van der Waals surface area contributed by atoms with E-state index in [0.717, 1.165) is 0 Å². The van der Waals surface area contributed by atoms with Gasteiger partial charge in [-0.2, -0.15) is 0 Å². The number of ether oxygens (including phenoxy) is 4. The zero-order chi connectivity index (χ0) is 28.8. The van der Waals surface area contributed by atoms with Gasteiger partial charge in [-0.1, -0.05) is 47.7 Å². The Morgan fingerprint density at radius 2 is 1.70 bits per heavy atom. The molecule has 40 heavy (non-hydrogen) atoms. The van der Waals surface area contributed by atoms with E-state index in [1.54, 1.807) is 45.0 Å². The molecule has 0 fully saturated rings. The number of allylic oxidation sites excluding steroid dienone is 1. The monoisotopic (exact) mass is 564 g/mol. The van der Waals surface area contributed by atoms with E-state index in [0.29, 0.717) is 37.7 Å². The van der Waals surface area contributed by atoms with Crippen LogP contribution in [-0.2, 0) is 19.1 Å². The number of hydrogen-bond acceptors (Lipinski definition) is 9. The van der Waals surface area contributed by atoms with Gasteiger partial charge in [-0.25, -0.2) is 14.6 Å². The number of esters is 2. The van der Waals surface area contributed by atoms with E-state index >= 15 is 0 Å². The topological polar surface area (TPSA) is 105 Å². The summed E-state index contributed by atoms with van der Waals surface area (Å²) in [5.41, 5.74) is 1.67. The Bertz CT molecular complexity index is 1620. The van der Waals surface area contributed by atoms with Crippen LogP contribution in [0.3, 0.4) is 0 Å². The van der Waals surface area contributed by atoms with Gasteiger partial charge in [0.1, 0.15) is 17.5 Å². The Balaban J connectivity index is 1.88. The third-order valence-electron chi connectivity index (χ3n) is 5.95. The molecular formula is C30H32N2O7S. The van der Waals surface area contributed by atoms with E-state index in [1.165, 1.54) is 15.9 Å². The van der Waals surface area contributed by atoms with E-state index < -0.39 is 18.0 Å². The first kappa shape index (κ1) is 28.8. The number of benzene rings is 2. The summed E-state index contributed by atoms with van der Waals surface area (Å²) in [6.07, 6.45) is 1.57. The van der Waals surface area contributed by atoms with E-state index in [1.807, 2.05) is 44.2 Å². The lowest BCUT2D eigenvalue weighted by atomic mass is 9.95. The third kappa shape index (κ3) is 6.17. The zero-order valence-corrected chi connectivity index (χ0v) is 23.9. The van der Waals surface area contributed by atoms with Gasteiger partial charge in [-0.15, -0.1) is 0 Å². The van der Waals surface area contributed by atoms with E-state index in [2.05, 4.69) is 4.99 Å². The van der Waals surface area contributed by atoms with Crippen molar-refractivity contribution in [1.82, 2.24) is 4.57 Å². The van der Waals surface area contributed by atoms with Crippen LogP contribution in [0.1, 0.15) is 51.8 Å². The number of carbonyl (C=O) groups excluding carboxylic acids is 2. The maximum absolute atomic E-state index is 14.0. The van der Waals surface area contributed by atoms with Crippen molar-refractivity contribution in [3.05, 3.63) is 90.6 Å². The summed E-state index contributed by atoms with van der Waals surface area (Å²) in [6.45, 7) is 9.20. The maximum Gasteiger partial charge on any atom is 0.344 e. The highest BCUT2D eigenvalue weighted by Gasteiger charge is 2.35. The lowest BCUT2D eigenvalue weighted by molar-refractivity contribution is -0.145. The molecule has 1 aliphatic heterocycles. The summed E-state index contributed by atoms with van der Waals surface area (Å²) < 4.78 is 24.0. The molecule has 3 aromatic rings. The van der Waals surface area contributed by atoms with E-state index in [4.69, 9.17) is 18.9 Å². The molecule has 10 heteroatoms. The quantitative estimate of drug-likeness (QED) is 0.347. The molecule has 0 unspecified atom stereocenters. The van der Waals surface area contributed by atoms with Gasteiger partial charge in [-0.3, -0.25) is 9.36 Å². The number of fused-ring (bicyclic) bond motifs is 1. The molecule has 0 bridgehead atoms. The van der Waals surface area contributed by atoms with Crippen molar-refractivity contribution >= 4 is 29.4 Å². The van der Waals surface area contributed by atoms with Crippen LogP contribution in [0.25, 0.3) is 6.08 Å². The number of thiazole rings is 1. The first-order valence-electron chi connectivity index (χ1n) is 13.1. The predicted molar refractivity (Wildman–Crippen MR) is 151 cm³/mol. The molecule has 9 nitrogen and oxygen atoms in total. The fourth-order valence-corrected chi connectivity index (χ4v) is 5.40. The Morgan fingerprint density at radius 1 is 1.02 bits per heavy atom. The van der Waals surface area contributed by atoms with Crippen molar-refractivity contribution in [1.29, 1.82) is 0 Å². The maximum atomic E-state index is 14.0. The summed E-state index contributed by atoms with van der Waals surface area (Å²) in [7, 11) is 0. The van der Waals surface area contributed by atoms with Gasteiger partial charge < -0.3 is 18.9 Å². The summed E-state index contributed by atoms with van der Waals surface area (Å²) in [6, 6.07) is 13.6. The van der Waals surface area contributed by atoms with Crippen LogP contribution >= 0.6 is 11.3 Å².